The van der Waals surface area contributed by atoms with Crippen molar-refractivity contribution >= 4 is 38.6 Å². The molecule has 2 aromatic heterocycles. The molecule has 5 rings (SSSR count). The number of sulfonamides is 1. The number of fused-ring (bicyclic) bond motifs is 3. The first-order chi connectivity index (χ1) is 13.8. The van der Waals surface area contributed by atoms with Gasteiger partial charge in [0, 0.05) is 45.3 Å². The fraction of sp³-hybridized carbons (Fsp3) is 0.706. The molecular formula is C17H24ClN7O3S. The van der Waals surface area contributed by atoms with E-state index < -0.39 is 10.0 Å². The van der Waals surface area contributed by atoms with Crippen LogP contribution in [0.1, 0.15) is 12.2 Å². The van der Waals surface area contributed by atoms with Gasteiger partial charge in [0.05, 0.1) is 26.0 Å². The highest BCUT2D eigenvalue weighted by Crippen LogP contribution is 2.34. The summed E-state index contributed by atoms with van der Waals surface area (Å²) >= 11 is 6.21. The fourth-order valence-corrected chi connectivity index (χ4v) is 5.99. The first-order valence-corrected chi connectivity index (χ1v) is 12.0. The number of aromatic nitrogens is 4. The first kappa shape index (κ1) is 19.4. The molecule has 0 aliphatic carbocycles. The van der Waals surface area contributed by atoms with Crippen molar-refractivity contribution in [1.29, 1.82) is 0 Å². The van der Waals surface area contributed by atoms with E-state index >= 15 is 0 Å². The summed E-state index contributed by atoms with van der Waals surface area (Å²) in [6.45, 7) is 4.71. The van der Waals surface area contributed by atoms with Crippen molar-refractivity contribution in [3.05, 3.63) is 11.1 Å². The Kier molecular flexibility index (Phi) is 4.70. The van der Waals surface area contributed by atoms with Crippen LogP contribution in [0.3, 0.4) is 0 Å². The highest BCUT2D eigenvalue weighted by atomic mass is 35.5. The van der Waals surface area contributed by atoms with E-state index in [1.54, 1.807) is 4.31 Å². The van der Waals surface area contributed by atoms with Crippen LogP contribution in [-0.4, -0.2) is 94.9 Å². The average Bonchev–Trinajstić information content (AvgIpc) is 3.36. The van der Waals surface area contributed by atoms with E-state index in [1.807, 2.05) is 11.6 Å². The van der Waals surface area contributed by atoms with Gasteiger partial charge in [-0.3, -0.25) is 4.90 Å². The molecule has 2 bridgehead atoms. The zero-order valence-electron chi connectivity index (χ0n) is 16.5. The third-order valence-electron chi connectivity index (χ3n) is 6.15. The molecule has 2 atom stereocenters. The summed E-state index contributed by atoms with van der Waals surface area (Å²) in [5, 5.41) is 0.206. The monoisotopic (exact) mass is 441 g/mol. The maximum absolute atomic E-state index is 11.9. The van der Waals surface area contributed by atoms with Crippen LogP contribution in [0.4, 0.5) is 5.82 Å². The van der Waals surface area contributed by atoms with Crippen LogP contribution in [-0.2, 0) is 28.4 Å². The van der Waals surface area contributed by atoms with E-state index in [0.29, 0.717) is 32.0 Å². The predicted molar refractivity (Wildman–Crippen MR) is 108 cm³/mol. The molecule has 10 nitrogen and oxygen atoms in total. The topological polar surface area (TPSA) is 96.7 Å². The largest absolute Gasteiger partial charge is 0.378 e. The lowest BCUT2D eigenvalue weighted by Gasteiger charge is -2.32. The van der Waals surface area contributed by atoms with Crippen LogP contribution in [0.15, 0.2) is 0 Å². The smallest absolute Gasteiger partial charge is 0.226 e. The van der Waals surface area contributed by atoms with E-state index in [-0.39, 0.29) is 17.4 Å². The number of hydrogen-bond acceptors (Lipinski definition) is 8. The van der Waals surface area contributed by atoms with Gasteiger partial charge in [-0.2, -0.15) is 14.3 Å². The van der Waals surface area contributed by atoms with Gasteiger partial charge in [-0.05, 0) is 18.0 Å². The predicted octanol–water partition coefficient (Wildman–Crippen LogP) is 0.0714. The Morgan fingerprint density at radius 1 is 1.14 bits per heavy atom. The maximum Gasteiger partial charge on any atom is 0.226 e. The lowest BCUT2D eigenvalue weighted by atomic mass is 10.2. The molecule has 0 spiro atoms. The average molecular weight is 442 g/mol. The van der Waals surface area contributed by atoms with Gasteiger partial charge >= 0.3 is 0 Å². The van der Waals surface area contributed by atoms with Crippen LogP contribution >= 0.6 is 11.6 Å². The van der Waals surface area contributed by atoms with Crippen LogP contribution < -0.4 is 4.90 Å². The molecule has 2 unspecified atom stereocenters. The summed E-state index contributed by atoms with van der Waals surface area (Å²) in [7, 11) is -1.21. The minimum absolute atomic E-state index is 0.0582. The maximum atomic E-state index is 11.9. The van der Waals surface area contributed by atoms with Gasteiger partial charge in [0.2, 0.25) is 15.3 Å². The zero-order chi connectivity index (χ0) is 20.3. The Labute approximate surface area is 174 Å². The second-order valence-corrected chi connectivity index (χ2v) is 10.3. The number of aryl methyl sites for hydroxylation is 1. The molecule has 0 N–H and O–H groups in total. The third kappa shape index (κ3) is 3.38. The van der Waals surface area contributed by atoms with Crippen molar-refractivity contribution in [2.75, 3.05) is 50.5 Å². The molecule has 3 aliphatic heterocycles. The van der Waals surface area contributed by atoms with Gasteiger partial charge < -0.3 is 14.2 Å². The highest BCUT2D eigenvalue weighted by molar-refractivity contribution is 7.88. The number of ether oxygens (including phenoxy) is 1. The molecular weight excluding hydrogens is 418 g/mol. The van der Waals surface area contributed by atoms with Crippen LogP contribution in [0, 0.1) is 0 Å². The van der Waals surface area contributed by atoms with Gasteiger partial charge in [-0.1, -0.05) is 0 Å². The summed E-state index contributed by atoms with van der Waals surface area (Å²) in [5.41, 5.74) is 1.46. The summed E-state index contributed by atoms with van der Waals surface area (Å²) in [4.78, 5) is 18.2. The molecule has 0 saturated carbocycles. The third-order valence-corrected chi connectivity index (χ3v) is 7.62. The van der Waals surface area contributed by atoms with Crippen molar-refractivity contribution in [2.24, 2.45) is 7.05 Å². The second kappa shape index (κ2) is 7.02. The normalized spacial score (nSPS) is 26.1. The molecule has 3 aliphatic rings. The van der Waals surface area contributed by atoms with E-state index in [9.17, 15) is 8.42 Å². The molecule has 3 fully saturated rings. The van der Waals surface area contributed by atoms with Gasteiger partial charge in [-0.25, -0.2) is 13.4 Å². The zero-order valence-corrected chi connectivity index (χ0v) is 18.0. The summed E-state index contributed by atoms with van der Waals surface area (Å²) in [6, 6.07) is 0.283. The molecule has 0 amide bonds. The lowest BCUT2D eigenvalue weighted by molar-refractivity contribution is 0.122. The molecule has 2 aromatic rings. The molecule has 158 valence electrons. The van der Waals surface area contributed by atoms with Gasteiger partial charge in [0.25, 0.3) is 0 Å². The number of halogens is 1. The van der Waals surface area contributed by atoms with Crippen LogP contribution in [0.2, 0.25) is 5.28 Å². The standard InChI is InChI=1S/C17H24ClN7O3S/c1-22-13(10-24-8-12-7-11(24)9-25(12)29(2,26)27)19-14-15(22)20-17(18)21-16(14)23-3-5-28-6-4-23/h11-12H,3-10H2,1-2H3. The van der Waals surface area contributed by atoms with Crippen molar-refractivity contribution in [3.63, 3.8) is 0 Å². The first-order valence-electron chi connectivity index (χ1n) is 9.73. The fourth-order valence-electron chi connectivity index (χ4n) is 4.70. The molecule has 29 heavy (non-hydrogen) atoms. The number of anilines is 1. The number of rotatable bonds is 4. The molecule has 12 heteroatoms. The van der Waals surface area contributed by atoms with E-state index in [1.165, 1.54) is 6.26 Å². The number of likely N-dealkylation sites (tertiary alicyclic amines) is 1. The Morgan fingerprint density at radius 3 is 2.55 bits per heavy atom. The van der Waals surface area contributed by atoms with Gasteiger partial charge in [0.15, 0.2) is 17.0 Å². The van der Waals surface area contributed by atoms with Gasteiger partial charge in [0.1, 0.15) is 5.82 Å². The lowest BCUT2D eigenvalue weighted by Crippen LogP contribution is -2.48. The summed E-state index contributed by atoms with van der Waals surface area (Å²) < 4.78 is 32.9. The number of imidazole rings is 1. The minimum Gasteiger partial charge on any atom is -0.378 e. The summed E-state index contributed by atoms with van der Waals surface area (Å²) in [6.07, 6.45) is 2.17. The van der Waals surface area contributed by atoms with Gasteiger partial charge in [-0.15, -0.1) is 0 Å². The molecule has 0 aromatic carbocycles. The quantitative estimate of drug-likeness (QED) is 0.615. The Bertz CT molecular complexity index is 1050. The van der Waals surface area contributed by atoms with E-state index in [0.717, 1.165) is 43.2 Å². The Hall–Kier alpha value is -1.53. The summed E-state index contributed by atoms with van der Waals surface area (Å²) in [5.74, 6) is 1.63. The van der Waals surface area contributed by atoms with Crippen LogP contribution in [0.25, 0.3) is 11.2 Å². The molecule has 5 heterocycles. The minimum atomic E-state index is -3.14. The second-order valence-electron chi connectivity index (χ2n) is 7.98. The SMILES string of the molecule is Cn1c(CN2CC3CC2CN3S(C)(=O)=O)nc2c(N3CCOCC3)nc(Cl)nc21. The van der Waals surface area contributed by atoms with Crippen molar-refractivity contribution < 1.29 is 13.2 Å². The van der Waals surface area contributed by atoms with Crippen LogP contribution in [0.5, 0.6) is 0 Å². The van der Waals surface area contributed by atoms with Crippen molar-refractivity contribution in [2.45, 2.75) is 25.0 Å². The Morgan fingerprint density at radius 2 is 1.90 bits per heavy atom. The molecule has 0 radical (unpaired) electrons. The number of hydrogen-bond donors (Lipinski definition) is 0. The number of morpholine rings is 1. The van der Waals surface area contributed by atoms with E-state index in [2.05, 4.69) is 19.8 Å². The van der Waals surface area contributed by atoms with E-state index in [4.69, 9.17) is 21.3 Å². The van der Waals surface area contributed by atoms with Crippen molar-refractivity contribution in [1.82, 2.24) is 28.7 Å². The molecule has 3 saturated heterocycles. The Balaban J connectivity index is 1.43. The number of piperazine rings is 1. The highest BCUT2D eigenvalue weighted by Gasteiger charge is 2.46. The number of nitrogens with zero attached hydrogens (tertiary/aromatic N) is 7. The van der Waals surface area contributed by atoms with Crippen molar-refractivity contribution in [3.8, 4) is 0 Å².